The van der Waals surface area contributed by atoms with Crippen LogP contribution in [0.15, 0.2) is 29.2 Å². The third-order valence-electron chi connectivity index (χ3n) is 4.34. The van der Waals surface area contributed by atoms with E-state index in [0.717, 1.165) is 18.4 Å². The van der Waals surface area contributed by atoms with Crippen molar-refractivity contribution >= 4 is 21.8 Å². The van der Waals surface area contributed by atoms with Gasteiger partial charge >= 0.3 is 11.8 Å². The molecule has 1 aromatic carbocycles. The molecule has 9 heteroatoms. The highest BCUT2D eigenvalue weighted by Crippen LogP contribution is 2.21. The van der Waals surface area contributed by atoms with E-state index in [1.807, 2.05) is 0 Å². The number of nitrogens with zero attached hydrogens (tertiary/aromatic N) is 1. The van der Waals surface area contributed by atoms with E-state index >= 15 is 0 Å². The molecule has 0 aromatic heterocycles. The van der Waals surface area contributed by atoms with Gasteiger partial charge in [0, 0.05) is 39.9 Å². The first kappa shape index (κ1) is 21.3. The van der Waals surface area contributed by atoms with Gasteiger partial charge in [-0.15, -0.1) is 0 Å². The summed E-state index contributed by atoms with van der Waals surface area (Å²) in [7, 11) is -1.84. The number of sulfonamides is 1. The van der Waals surface area contributed by atoms with Gasteiger partial charge in [-0.05, 0) is 43.4 Å². The first-order valence-corrected chi connectivity index (χ1v) is 10.5. The number of carbonyl (C=O) groups excluding carboxylic acids is 2. The molecule has 0 atom stereocenters. The molecule has 0 aliphatic carbocycles. The van der Waals surface area contributed by atoms with E-state index in [9.17, 15) is 18.0 Å². The second-order valence-corrected chi connectivity index (χ2v) is 8.30. The van der Waals surface area contributed by atoms with Crippen LogP contribution in [0.2, 0.25) is 0 Å². The van der Waals surface area contributed by atoms with Gasteiger partial charge in [0.25, 0.3) is 0 Å². The van der Waals surface area contributed by atoms with Crippen LogP contribution in [0.1, 0.15) is 24.8 Å². The third kappa shape index (κ3) is 6.30. The molecule has 0 unspecified atom stereocenters. The number of nitrogens with one attached hydrogen (secondary N) is 2. The summed E-state index contributed by atoms with van der Waals surface area (Å²) in [4.78, 5) is 23.6. The Bertz CT molecular complexity index is 728. The van der Waals surface area contributed by atoms with Crippen LogP contribution in [0.3, 0.4) is 0 Å². The lowest BCUT2D eigenvalue weighted by molar-refractivity contribution is -0.139. The highest BCUT2D eigenvalue weighted by Gasteiger charge is 2.26. The molecule has 1 aliphatic heterocycles. The fraction of sp³-hybridized carbons (Fsp3) is 0.556. The minimum atomic E-state index is -3.41. The van der Waals surface area contributed by atoms with Crippen LogP contribution in [-0.2, 0) is 30.8 Å². The molecule has 2 amide bonds. The molecular weight excluding hydrogens is 370 g/mol. The fourth-order valence-corrected chi connectivity index (χ4v) is 4.32. The monoisotopic (exact) mass is 397 g/mol. The van der Waals surface area contributed by atoms with Gasteiger partial charge in [0.15, 0.2) is 0 Å². The predicted octanol–water partition coefficient (Wildman–Crippen LogP) is 0.283. The van der Waals surface area contributed by atoms with Gasteiger partial charge in [0.1, 0.15) is 0 Å². The van der Waals surface area contributed by atoms with Crippen LogP contribution in [0.5, 0.6) is 0 Å². The number of amides is 2. The van der Waals surface area contributed by atoms with Gasteiger partial charge < -0.3 is 15.4 Å². The molecular formula is C18H27N3O5S. The van der Waals surface area contributed by atoms with Crippen LogP contribution >= 0.6 is 0 Å². The lowest BCUT2D eigenvalue weighted by atomic mass is 10.1. The normalized spacial score (nSPS) is 14.9. The Morgan fingerprint density at radius 1 is 1.04 bits per heavy atom. The zero-order valence-electron chi connectivity index (χ0n) is 15.6. The summed E-state index contributed by atoms with van der Waals surface area (Å²) in [5.41, 5.74) is 0.885. The largest absolute Gasteiger partial charge is 0.385 e. The topological polar surface area (TPSA) is 105 Å². The van der Waals surface area contributed by atoms with Crippen LogP contribution in [0, 0.1) is 0 Å². The Morgan fingerprint density at radius 3 is 2.22 bits per heavy atom. The summed E-state index contributed by atoms with van der Waals surface area (Å²) in [5, 5.41) is 5.07. The number of ether oxygens (including phenoxy) is 1. The second-order valence-electron chi connectivity index (χ2n) is 6.36. The number of rotatable bonds is 9. The van der Waals surface area contributed by atoms with E-state index in [0.29, 0.717) is 45.6 Å². The molecule has 0 spiro atoms. The summed E-state index contributed by atoms with van der Waals surface area (Å²) >= 11 is 0. The highest BCUT2D eigenvalue weighted by atomic mass is 32.2. The van der Waals surface area contributed by atoms with E-state index in [1.165, 1.54) is 4.31 Å². The molecule has 0 bridgehead atoms. The molecule has 1 aromatic rings. The van der Waals surface area contributed by atoms with Gasteiger partial charge in [-0.3, -0.25) is 9.59 Å². The molecule has 1 fully saturated rings. The van der Waals surface area contributed by atoms with E-state index in [-0.39, 0.29) is 4.90 Å². The van der Waals surface area contributed by atoms with Crippen LogP contribution in [0.25, 0.3) is 0 Å². The standard InChI is InChI=1S/C18H27N3O5S/c1-26-14-4-10-19-17(22)18(23)20-11-9-15-5-7-16(8-6-15)27(24,25)21-12-2-3-13-21/h5-8H,2-4,9-14H2,1H3,(H,19,22)(H,20,23). The van der Waals surface area contributed by atoms with Gasteiger partial charge in [-0.1, -0.05) is 12.1 Å². The first-order chi connectivity index (χ1) is 12.9. The Labute approximate surface area is 160 Å². The Kier molecular flexibility index (Phi) is 8.21. The average Bonchev–Trinajstić information content (AvgIpc) is 3.21. The molecule has 0 saturated carbocycles. The summed E-state index contributed by atoms with van der Waals surface area (Å²) in [5.74, 6) is -1.35. The molecule has 1 aliphatic rings. The fourth-order valence-electron chi connectivity index (χ4n) is 2.80. The van der Waals surface area contributed by atoms with Crippen molar-refractivity contribution in [2.75, 3.05) is 39.9 Å². The van der Waals surface area contributed by atoms with E-state index < -0.39 is 21.8 Å². The molecule has 0 radical (unpaired) electrons. The molecule has 8 nitrogen and oxygen atoms in total. The molecule has 1 saturated heterocycles. The van der Waals surface area contributed by atoms with Crippen molar-refractivity contribution in [2.45, 2.75) is 30.6 Å². The van der Waals surface area contributed by atoms with Crippen LogP contribution in [0.4, 0.5) is 0 Å². The number of hydrogen-bond acceptors (Lipinski definition) is 5. The third-order valence-corrected chi connectivity index (χ3v) is 6.26. The van der Waals surface area contributed by atoms with Crippen molar-refractivity contribution in [2.24, 2.45) is 0 Å². The van der Waals surface area contributed by atoms with Gasteiger partial charge in [-0.25, -0.2) is 8.42 Å². The maximum absolute atomic E-state index is 12.5. The Hall–Kier alpha value is -1.97. The van der Waals surface area contributed by atoms with Gasteiger partial charge in [0.2, 0.25) is 10.0 Å². The summed E-state index contributed by atoms with van der Waals surface area (Å²) in [6.45, 7) is 2.34. The number of methoxy groups -OCH3 is 1. The van der Waals surface area contributed by atoms with Crippen molar-refractivity contribution < 1.29 is 22.7 Å². The van der Waals surface area contributed by atoms with Crippen molar-refractivity contribution in [1.82, 2.24) is 14.9 Å². The van der Waals surface area contributed by atoms with Crippen molar-refractivity contribution in [3.05, 3.63) is 29.8 Å². The van der Waals surface area contributed by atoms with Gasteiger partial charge in [0.05, 0.1) is 4.90 Å². The Balaban J connectivity index is 1.76. The molecule has 2 rings (SSSR count). The molecule has 150 valence electrons. The summed E-state index contributed by atoms with van der Waals surface area (Å²) < 4.78 is 31.3. The molecule has 27 heavy (non-hydrogen) atoms. The van der Waals surface area contributed by atoms with Crippen LogP contribution < -0.4 is 10.6 Å². The number of carbonyl (C=O) groups is 2. The lowest BCUT2D eigenvalue weighted by Gasteiger charge is -2.15. The molecule has 1 heterocycles. The first-order valence-electron chi connectivity index (χ1n) is 9.09. The lowest BCUT2D eigenvalue weighted by Crippen LogP contribution is -2.41. The quantitative estimate of drug-likeness (QED) is 0.460. The van der Waals surface area contributed by atoms with E-state index in [1.54, 1.807) is 31.4 Å². The minimum Gasteiger partial charge on any atom is -0.385 e. The SMILES string of the molecule is COCCCNC(=O)C(=O)NCCc1ccc(S(=O)(=O)N2CCCC2)cc1. The number of benzene rings is 1. The minimum absolute atomic E-state index is 0.285. The van der Waals surface area contributed by atoms with E-state index in [2.05, 4.69) is 10.6 Å². The zero-order valence-corrected chi connectivity index (χ0v) is 16.4. The molecule has 2 N–H and O–H groups in total. The van der Waals surface area contributed by atoms with Crippen LogP contribution in [-0.4, -0.2) is 64.4 Å². The van der Waals surface area contributed by atoms with Gasteiger partial charge in [-0.2, -0.15) is 4.31 Å². The summed E-state index contributed by atoms with van der Waals surface area (Å²) in [6.07, 6.45) is 2.95. The highest BCUT2D eigenvalue weighted by molar-refractivity contribution is 7.89. The maximum atomic E-state index is 12.5. The van der Waals surface area contributed by atoms with Crippen molar-refractivity contribution in [1.29, 1.82) is 0 Å². The number of hydrogen-bond donors (Lipinski definition) is 2. The zero-order chi connectivity index (χ0) is 19.7. The predicted molar refractivity (Wildman–Crippen MR) is 101 cm³/mol. The second kappa shape index (κ2) is 10.4. The maximum Gasteiger partial charge on any atom is 0.309 e. The Morgan fingerprint density at radius 2 is 1.63 bits per heavy atom. The van der Waals surface area contributed by atoms with Crippen molar-refractivity contribution in [3.8, 4) is 0 Å². The smallest absolute Gasteiger partial charge is 0.309 e. The van der Waals surface area contributed by atoms with Crippen molar-refractivity contribution in [3.63, 3.8) is 0 Å². The summed E-state index contributed by atoms with van der Waals surface area (Å²) in [6, 6.07) is 6.65. The average molecular weight is 397 g/mol. The van der Waals surface area contributed by atoms with E-state index in [4.69, 9.17) is 4.74 Å².